The van der Waals surface area contributed by atoms with E-state index in [0.717, 1.165) is 16.2 Å². The summed E-state index contributed by atoms with van der Waals surface area (Å²) >= 11 is 1.44. The van der Waals surface area contributed by atoms with E-state index in [0.29, 0.717) is 17.3 Å². The third-order valence-electron chi connectivity index (χ3n) is 2.46. The van der Waals surface area contributed by atoms with Gasteiger partial charge in [0.15, 0.2) is 0 Å². The van der Waals surface area contributed by atoms with E-state index in [1.165, 1.54) is 11.8 Å². The molecule has 0 atom stereocenters. The fraction of sp³-hybridized carbons (Fsp3) is 0.231. The van der Waals surface area contributed by atoms with Gasteiger partial charge in [-0.15, -0.1) is 11.8 Å². The number of nitrogens with one attached hydrogen (secondary N) is 1. The molecule has 19 heavy (non-hydrogen) atoms. The Kier molecular flexibility index (Phi) is 4.11. The summed E-state index contributed by atoms with van der Waals surface area (Å²) in [4.78, 5) is 12.7. The zero-order valence-corrected chi connectivity index (χ0v) is 11.6. The molecule has 1 aromatic heterocycles. The zero-order valence-electron chi connectivity index (χ0n) is 10.8. The van der Waals surface area contributed by atoms with Crippen molar-refractivity contribution in [3.8, 4) is 0 Å². The summed E-state index contributed by atoms with van der Waals surface area (Å²) in [6.45, 7) is 3.78. The first-order valence-electron chi connectivity index (χ1n) is 5.76. The van der Waals surface area contributed by atoms with E-state index < -0.39 is 0 Å². The summed E-state index contributed by atoms with van der Waals surface area (Å²) in [7, 11) is 0. The second-order valence-corrected chi connectivity index (χ2v) is 5.21. The van der Waals surface area contributed by atoms with Crippen molar-refractivity contribution in [1.29, 1.82) is 0 Å². The van der Waals surface area contributed by atoms with E-state index in [-0.39, 0.29) is 5.91 Å². The van der Waals surface area contributed by atoms with Crippen LogP contribution in [0.4, 0.5) is 11.6 Å². The Bertz CT molecular complexity index is 595. The fourth-order valence-corrected chi connectivity index (χ4v) is 2.39. The smallest absolute Gasteiger partial charge is 0.237 e. The molecule has 2 rings (SSSR count). The van der Waals surface area contributed by atoms with Crippen molar-refractivity contribution in [3.63, 3.8) is 0 Å². The van der Waals surface area contributed by atoms with E-state index in [4.69, 9.17) is 10.3 Å². The van der Waals surface area contributed by atoms with Gasteiger partial charge in [0, 0.05) is 16.6 Å². The predicted molar refractivity (Wildman–Crippen MR) is 76.2 cm³/mol. The summed E-state index contributed by atoms with van der Waals surface area (Å²) in [5.41, 5.74) is 8.25. The number of aromatic nitrogens is 1. The minimum absolute atomic E-state index is 0.136. The fourth-order valence-electron chi connectivity index (χ4n) is 1.51. The molecule has 0 aliphatic rings. The molecule has 2 aromatic rings. The number of hydrogen-bond donors (Lipinski definition) is 2. The molecule has 1 heterocycles. The Labute approximate surface area is 115 Å². The van der Waals surface area contributed by atoms with Crippen LogP contribution in [0.5, 0.6) is 0 Å². The largest absolute Gasteiger partial charge is 0.399 e. The van der Waals surface area contributed by atoms with Crippen molar-refractivity contribution >= 4 is 29.2 Å². The number of nitrogens with two attached hydrogens (primary N) is 1. The molecule has 3 N–H and O–H groups in total. The highest BCUT2D eigenvalue weighted by atomic mass is 32.2. The van der Waals surface area contributed by atoms with Crippen LogP contribution in [0.15, 0.2) is 33.7 Å². The quantitative estimate of drug-likeness (QED) is 0.663. The number of amides is 1. The second-order valence-electron chi connectivity index (χ2n) is 4.19. The van der Waals surface area contributed by atoms with Gasteiger partial charge in [0.25, 0.3) is 0 Å². The lowest BCUT2D eigenvalue weighted by atomic mass is 10.2. The number of rotatable bonds is 4. The Morgan fingerprint density at radius 2 is 2.21 bits per heavy atom. The third kappa shape index (κ3) is 3.75. The van der Waals surface area contributed by atoms with Crippen LogP contribution in [-0.2, 0) is 4.79 Å². The molecule has 0 saturated heterocycles. The monoisotopic (exact) mass is 277 g/mol. The summed E-state index contributed by atoms with van der Waals surface area (Å²) in [5, 5.41) is 6.35. The van der Waals surface area contributed by atoms with Crippen molar-refractivity contribution in [2.45, 2.75) is 18.7 Å². The summed E-state index contributed by atoms with van der Waals surface area (Å²) < 4.78 is 4.92. The first-order valence-corrected chi connectivity index (χ1v) is 6.75. The van der Waals surface area contributed by atoms with E-state index in [1.807, 2.05) is 25.1 Å². The Hall–Kier alpha value is -1.95. The van der Waals surface area contributed by atoms with Gasteiger partial charge >= 0.3 is 0 Å². The highest BCUT2D eigenvalue weighted by molar-refractivity contribution is 8.00. The van der Waals surface area contributed by atoms with E-state index >= 15 is 0 Å². The lowest BCUT2D eigenvalue weighted by molar-refractivity contribution is -0.113. The average Bonchev–Trinajstić information content (AvgIpc) is 2.76. The highest BCUT2D eigenvalue weighted by Gasteiger charge is 2.08. The number of hydrogen-bond acceptors (Lipinski definition) is 5. The number of anilines is 2. The molecular formula is C13H15N3O2S. The normalized spacial score (nSPS) is 10.4. The Morgan fingerprint density at radius 1 is 1.42 bits per heavy atom. The van der Waals surface area contributed by atoms with Crippen molar-refractivity contribution < 1.29 is 9.32 Å². The zero-order chi connectivity index (χ0) is 13.8. The molecule has 0 aliphatic carbocycles. The molecule has 0 fully saturated rings. The van der Waals surface area contributed by atoms with Crippen molar-refractivity contribution in [1.82, 2.24) is 5.16 Å². The lowest BCUT2D eigenvalue weighted by Crippen LogP contribution is -2.13. The van der Waals surface area contributed by atoms with Gasteiger partial charge in [0.05, 0.1) is 11.4 Å². The Balaban J connectivity index is 1.91. The molecule has 0 aliphatic heterocycles. The number of carbonyl (C=O) groups is 1. The van der Waals surface area contributed by atoms with E-state index in [2.05, 4.69) is 10.5 Å². The number of nitrogen functional groups attached to an aromatic ring is 1. The van der Waals surface area contributed by atoms with Crippen LogP contribution in [0.1, 0.15) is 11.3 Å². The number of benzene rings is 1. The van der Waals surface area contributed by atoms with Gasteiger partial charge in [-0.2, -0.15) is 0 Å². The van der Waals surface area contributed by atoms with Gasteiger partial charge in [0.1, 0.15) is 0 Å². The maximum absolute atomic E-state index is 11.7. The van der Waals surface area contributed by atoms with Crippen LogP contribution in [0.25, 0.3) is 0 Å². The number of carbonyl (C=O) groups excluding carboxylic acids is 1. The van der Waals surface area contributed by atoms with Crippen LogP contribution in [0, 0.1) is 13.8 Å². The van der Waals surface area contributed by atoms with Crippen LogP contribution >= 0.6 is 11.8 Å². The SMILES string of the molecule is Cc1cc(NC(=O)CSc2cc(N)ccc2C)on1. The van der Waals surface area contributed by atoms with Gasteiger partial charge in [-0.1, -0.05) is 11.2 Å². The van der Waals surface area contributed by atoms with Gasteiger partial charge in [0.2, 0.25) is 11.8 Å². The second kappa shape index (κ2) is 5.79. The molecule has 5 nitrogen and oxygen atoms in total. The third-order valence-corrected chi connectivity index (χ3v) is 3.62. The van der Waals surface area contributed by atoms with Crippen LogP contribution in [0.3, 0.4) is 0 Å². The lowest BCUT2D eigenvalue weighted by Gasteiger charge is -2.06. The van der Waals surface area contributed by atoms with Gasteiger partial charge in [-0.05, 0) is 31.5 Å². The van der Waals surface area contributed by atoms with Crippen LogP contribution in [0.2, 0.25) is 0 Å². The topological polar surface area (TPSA) is 81.2 Å². The average molecular weight is 277 g/mol. The summed E-state index contributed by atoms with van der Waals surface area (Å²) in [5.74, 6) is 0.528. The van der Waals surface area contributed by atoms with Crippen molar-refractivity contribution in [3.05, 3.63) is 35.5 Å². The minimum Gasteiger partial charge on any atom is -0.399 e. The molecule has 0 saturated carbocycles. The molecule has 100 valence electrons. The first-order chi connectivity index (χ1) is 9.04. The molecule has 0 spiro atoms. The van der Waals surface area contributed by atoms with Gasteiger partial charge < -0.3 is 10.3 Å². The molecular weight excluding hydrogens is 262 g/mol. The molecule has 6 heteroatoms. The number of nitrogens with zero attached hydrogens (tertiary/aromatic N) is 1. The number of thioether (sulfide) groups is 1. The van der Waals surface area contributed by atoms with Gasteiger partial charge in [-0.25, -0.2) is 0 Å². The maximum Gasteiger partial charge on any atom is 0.237 e. The van der Waals surface area contributed by atoms with E-state index in [1.54, 1.807) is 13.0 Å². The molecule has 0 radical (unpaired) electrons. The first kappa shape index (κ1) is 13.5. The van der Waals surface area contributed by atoms with Crippen molar-refractivity contribution in [2.24, 2.45) is 0 Å². The summed E-state index contributed by atoms with van der Waals surface area (Å²) in [6.07, 6.45) is 0. The molecule has 1 aromatic carbocycles. The standard InChI is InChI=1S/C13H15N3O2S/c1-8-3-4-10(14)6-11(8)19-7-12(17)15-13-5-9(2)16-18-13/h3-6H,7,14H2,1-2H3,(H,15,17). The molecule has 1 amide bonds. The van der Waals surface area contributed by atoms with Crippen LogP contribution in [-0.4, -0.2) is 16.8 Å². The number of aryl methyl sites for hydroxylation is 2. The van der Waals surface area contributed by atoms with Crippen LogP contribution < -0.4 is 11.1 Å². The van der Waals surface area contributed by atoms with Gasteiger partial charge in [-0.3, -0.25) is 10.1 Å². The van der Waals surface area contributed by atoms with E-state index in [9.17, 15) is 4.79 Å². The maximum atomic E-state index is 11.7. The molecule has 0 unspecified atom stereocenters. The summed E-state index contributed by atoms with van der Waals surface area (Å²) in [6, 6.07) is 7.33. The Morgan fingerprint density at radius 3 is 2.89 bits per heavy atom. The van der Waals surface area contributed by atoms with Crippen molar-refractivity contribution in [2.75, 3.05) is 16.8 Å². The highest BCUT2D eigenvalue weighted by Crippen LogP contribution is 2.24. The minimum atomic E-state index is -0.136. The predicted octanol–water partition coefficient (Wildman–Crippen LogP) is 2.60. The molecule has 0 bridgehead atoms.